The number of nitrogens with one attached hydrogen (secondary N) is 1. The molecule has 0 spiro atoms. The Bertz CT molecular complexity index is 307. The van der Waals surface area contributed by atoms with E-state index in [1.54, 1.807) is 0 Å². The van der Waals surface area contributed by atoms with Gasteiger partial charge in [0, 0.05) is 11.4 Å². The first kappa shape index (κ1) is 8.61. The smallest absolute Gasteiger partial charge is 0.0222 e. The van der Waals surface area contributed by atoms with Crippen molar-refractivity contribution in [3.8, 4) is 0 Å². The highest BCUT2D eigenvalue weighted by Crippen LogP contribution is 2.18. The lowest BCUT2D eigenvalue weighted by molar-refractivity contribution is 0.683. The van der Waals surface area contributed by atoms with Gasteiger partial charge >= 0.3 is 0 Å². The van der Waals surface area contributed by atoms with Crippen LogP contribution >= 0.6 is 0 Å². The summed E-state index contributed by atoms with van der Waals surface area (Å²) in [5, 5.41) is 0. The monoisotopic (exact) mass is 175 g/mol. The molecule has 0 saturated carbocycles. The third-order valence-electron chi connectivity index (χ3n) is 2.66. The van der Waals surface area contributed by atoms with E-state index in [-0.39, 0.29) is 0 Å². The van der Waals surface area contributed by atoms with Crippen molar-refractivity contribution in [1.29, 1.82) is 0 Å². The average molecular weight is 175 g/mol. The molecule has 1 aliphatic rings. The third kappa shape index (κ3) is 2.03. The van der Waals surface area contributed by atoms with Gasteiger partial charge in [0.15, 0.2) is 0 Å². The summed E-state index contributed by atoms with van der Waals surface area (Å²) in [5.41, 5.74) is 4.12. The highest BCUT2D eigenvalue weighted by atomic mass is 14.7. The molecule has 1 N–H and O–H groups in total. The van der Waals surface area contributed by atoms with Crippen LogP contribution in [-0.2, 0) is 6.42 Å². The van der Waals surface area contributed by atoms with E-state index in [1.807, 2.05) is 0 Å². The highest BCUT2D eigenvalue weighted by Gasteiger charge is 2.04. The molecule has 1 aliphatic carbocycles. The van der Waals surface area contributed by atoms with Gasteiger partial charge in [-0.05, 0) is 44.2 Å². The molecule has 0 saturated heterocycles. The zero-order chi connectivity index (χ0) is 9.10. The van der Waals surface area contributed by atoms with Gasteiger partial charge in [0.1, 0.15) is 0 Å². The van der Waals surface area contributed by atoms with E-state index in [2.05, 4.69) is 30.1 Å². The zero-order valence-corrected chi connectivity index (χ0v) is 8.27. The Morgan fingerprint density at radius 2 is 2.15 bits per heavy atom. The maximum absolute atomic E-state index is 3.44. The number of aromatic nitrogens is 1. The summed E-state index contributed by atoms with van der Waals surface area (Å²) < 4.78 is 0. The number of aromatic amines is 1. The average Bonchev–Trinajstić information content (AvgIpc) is 2.46. The van der Waals surface area contributed by atoms with Crippen LogP contribution in [0, 0.1) is 6.92 Å². The molecule has 70 valence electrons. The Balaban J connectivity index is 2.28. The predicted octanol–water partition coefficient (Wildman–Crippen LogP) is 3.45. The fourth-order valence-corrected chi connectivity index (χ4v) is 1.97. The molecule has 1 heterocycles. The summed E-state index contributed by atoms with van der Waals surface area (Å²) in [4.78, 5) is 3.44. The molecule has 1 heteroatoms. The van der Waals surface area contributed by atoms with Crippen molar-refractivity contribution in [2.75, 3.05) is 0 Å². The fraction of sp³-hybridized carbons (Fsp3) is 0.500. The van der Waals surface area contributed by atoms with Gasteiger partial charge in [0.2, 0.25) is 0 Å². The van der Waals surface area contributed by atoms with Gasteiger partial charge in [-0.2, -0.15) is 0 Å². The van der Waals surface area contributed by atoms with Gasteiger partial charge in [-0.3, -0.25) is 0 Å². The number of rotatable bonds is 0. The molecule has 1 aromatic rings. The van der Waals surface area contributed by atoms with E-state index in [9.17, 15) is 0 Å². The van der Waals surface area contributed by atoms with Crippen LogP contribution in [0.25, 0.3) is 6.08 Å². The third-order valence-corrected chi connectivity index (χ3v) is 2.66. The first-order valence-corrected chi connectivity index (χ1v) is 5.21. The van der Waals surface area contributed by atoms with Crippen molar-refractivity contribution >= 4 is 6.08 Å². The number of hydrogen-bond acceptors (Lipinski definition) is 0. The van der Waals surface area contributed by atoms with Crippen molar-refractivity contribution in [3.05, 3.63) is 29.1 Å². The topological polar surface area (TPSA) is 15.8 Å². The van der Waals surface area contributed by atoms with Crippen LogP contribution in [-0.4, -0.2) is 4.98 Å². The summed E-state index contributed by atoms with van der Waals surface area (Å²) in [6, 6.07) is 2.25. The number of hydrogen-bond donors (Lipinski definition) is 1. The first-order chi connectivity index (χ1) is 6.36. The highest BCUT2D eigenvalue weighted by molar-refractivity contribution is 5.53. The minimum Gasteiger partial charge on any atom is -0.362 e. The van der Waals surface area contributed by atoms with Crippen LogP contribution in [0.1, 0.15) is 42.6 Å². The molecule has 0 bridgehead atoms. The minimum absolute atomic E-state index is 1.22. The maximum atomic E-state index is 3.44. The Labute approximate surface area is 79.9 Å². The first-order valence-electron chi connectivity index (χ1n) is 5.21. The summed E-state index contributed by atoms with van der Waals surface area (Å²) in [6.45, 7) is 2.13. The van der Waals surface area contributed by atoms with Crippen molar-refractivity contribution in [2.45, 2.75) is 39.0 Å². The molecule has 0 atom stereocenters. The fourth-order valence-electron chi connectivity index (χ4n) is 1.97. The Kier molecular flexibility index (Phi) is 2.53. The van der Waals surface area contributed by atoms with Crippen molar-refractivity contribution in [2.24, 2.45) is 0 Å². The Hall–Kier alpha value is -0.980. The van der Waals surface area contributed by atoms with Crippen molar-refractivity contribution in [3.63, 3.8) is 0 Å². The molecule has 0 amide bonds. The largest absolute Gasteiger partial charge is 0.362 e. The predicted molar refractivity (Wildman–Crippen MR) is 56.7 cm³/mol. The normalized spacial score (nSPS) is 19.8. The molecular formula is C12H17N. The summed E-state index contributed by atoms with van der Waals surface area (Å²) in [7, 11) is 0. The van der Waals surface area contributed by atoms with Gasteiger partial charge < -0.3 is 4.98 Å². The van der Waals surface area contributed by atoms with Crippen molar-refractivity contribution < 1.29 is 0 Å². The summed E-state index contributed by atoms with van der Waals surface area (Å²) in [6.07, 6.45) is 11.1. The summed E-state index contributed by atoms with van der Waals surface area (Å²) in [5.74, 6) is 0. The standard InChI is InChI=1S/C12H17N/c1-10-9-11-7-5-3-2-4-6-8-12(11)13-10/h5,7,9,13H,2-4,6,8H2,1H3/b7-5+. The second kappa shape index (κ2) is 3.82. The Morgan fingerprint density at radius 3 is 3.08 bits per heavy atom. The maximum Gasteiger partial charge on any atom is 0.0222 e. The SMILES string of the molecule is Cc1cc2c([nH]1)CCCCC/C=C/2. The van der Waals surface area contributed by atoms with E-state index in [0.29, 0.717) is 0 Å². The molecule has 0 aliphatic heterocycles. The number of aryl methyl sites for hydroxylation is 2. The quantitative estimate of drug-likeness (QED) is 0.621. The lowest BCUT2D eigenvalue weighted by atomic mass is 10.1. The van der Waals surface area contributed by atoms with Gasteiger partial charge in [-0.25, -0.2) is 0 Å². The van der Waals surface area contributed by atoms with Gasteiger partial charge in [0.25, 0.3) is 0 Å². The molecule has 0 aromatic carbocycles. The lowest BCUT2D eigenvalue weighted by Gasteiger charge is -1.98. The van der Waals surface area contributed by atoms with Gasteiger partial charge in [-0.15, -0.1) is 0 Å². The molecule has 2 rings (SSSR count). The second-order valence-electron chi connectivity index (χ2n) is 3.89. The van der Waals surface area contributed by atoms with Crippen LogP contribution in [0.15, 0.2) is 12.1 Å². The van der Waals surface area contributed by atoms with Crippen LogP contribution in [0.2, 0.25) is 0 Å². The van der Waals surface area contributed by atoms with E-state index in [1.165, 1.54) is 49.1 Å². The van der Waals surface area contributed by atoms with E-state index in [4.69, 9.17) is 0 Å². The van der Waals surface area contributed by atoms with Gasteiger partial charge in [-0.1, -0.05) is 18.6 Å². The molecular weight excluding hydrogens is 158 g/mol. The van der Waals surface area contributed by atoms with Crippen LogP contribution < -0.4 is 0 Å². The molecule has 13 heavy (non-hydrogen) atoms. The van der Waals surface area contributed by atoms with E-state index < -0.39 is 0 Å². The zero-order valence-electron chi connectivity index (χ0n) is 8.27. The van der Waals surface area contributed by atoms with Gasteiger partial charge in [0.05, 0.1) is 0 Å². The molecule has 0 unspecified atom stereocenters. The van der Waals surface area contributed by atoms with E-state index >= 15 is 0 Å². The molecule has 1 aromatic heterocycles. The van der Waals surface area contributed by atoms with Crippen LogP contribution in [0.4, 0.5) is 0 Å². The Morgan fingerprint density at radius 1 is 1.23 bits per heavy atom. The summed E-state index contributed by atoms with van der Waals surface area (Å²) >= 11 is 0. The van der Waals surface area contributed by atoms with Crippen molar-refractivity contribution in [1.82, 2.24) is 4.98 Å². The van der Waals surface area contributed by atoms with E-state index in [0.717, 1.165) is 0 Å². The lowest BCUT2D eigenvalue weighted by Crippen LogP contribution is -1.87. The molecule has 1 nitrogen and oxygen atoms in total. The molecule has 0 radical (unpaired) electrons. The van der Waals surface area contributed by atoms with Crippen LogP contribution in [0.3, 0.4) is 0 Å². The number of H-pyrrole nitrogens is 1. The number of allylic oxidation sites excluding steroid dienone is 1. The second-order valence-corrected chi connectivity index (χ2v) is 3.89. The number of fused-ring (bicyclic) bond motifs is 1. The minimum atomic E-state index is 1.22. The molecule has 0 fully saturated rings. The van der Waals surface area contributed by atoms with Crippen LogP contribution in [0.5, 0.6) is 0 Å².